The lowest BCUT2D eigenvalue weighted by Crippen LogP contribution is -2.24. The summed E-state index contributed by atoms with van der Waals surface area (Å²) in [5.74, 6) is 1.70. The largest absolute Gasteiger partial charge is 0.370 e. The van der Waals surface area contributed by atoms with Crippen molar-refractivity contribution in [3.05, 3.63) is 48.2 Å². The SMILES string of the molecule is CCCN=C(N)Nc1ccnc(CCCCCNC(=O)c2cccnc2)n1. The molecule has 0 aromatic carbocycles. The molecule has 0 radical (unpaired) electrons. The van der Waals surface area contributed by atoms with Crippen molar-refractivity contribution in [1.29, 1.82) is 0 Å². The Labute approximate surface area is 159 Å². The number of hydrogen-bond donors (Lipinski definition) is 3. The number of anilines is 1. The number of guanidine groups is 1. The Morgan fingerprint density at radius 2 is 2.11 bits per heavy atom. The molecule has 4 N–H and O–H groups in total. The molecular formula is C19H27N7O. The van der Waals surface area contributed by atoms with Crippen LogP contribution >= 0.6 is 0 Å². The summed E-state index contributed by atoms with van der Waals surface area (Å²) in [4.78, 5) is 28.8. The molecule has 0 aliphatic rings. The Balaban J connectivity index is 1.65. The Hall–Kier alpha value is -3.03. The second kappa shape index (κ2) is 11.6. The lowest BCUT2D eigenvalue weighted by Gasteiger charge is -2.07. The van der Waals surface area contributed by atoms with E-state index in [-0.39, 0.29) is 5.91 Å². The van der Waals surface area contributed by atoms with E-state index in [1.807, 2.05) is 6.92 Å². The average molecular weight is 369 g/mol. The van der Waals surface area contributed by atoms with Crippen LogP contribution in [0.1, 0.15) is 48.8 Å². The summed E-state index contributed by atoms with van der Waals surface area (Å²) >= 11 is 0. The molecular weight excluding hydrogens is 342 g/mol. The van der Waals surface area contributed by atoms with E-state index in [9.17, 15) is 4.79 Å². The molecule has 0 atom stereocenters. The summed E-state index contributed by atoms with van der Waals surface area (Å²) in [6.07, 6.45) is 9.48. The fraction of sp³-hybridized carbons (Fsp3) is 0.421. The molecule has 8 nitrogen and oxygen atoms in total. The van der Waals surface area contributed by atoms with Crippen LogP contribution in [0.25, 0.3) is 0 Å². The number of rotatable bonds is 10. The molecule has 0 aliphatic carbocycles. The molecule has 8 heteroatoms. The van der Waals surface area contributed by atoms with Gasteiger partial charge in [0, 0.05) is 38.1 Å². The third-order valence-electron chi connectivity index (χ3n) is 3.75. The van der Waals surface area contributed by atoms with Gasteiger partial charge in [0.15, 0.2) is 5.96 Å². The van der Waals surface area contributed by atoms with Gasteiger partial charge in [-0.05, 0) is 37.5 Å². The molecule has 0 saturated carbocycles. The van der Waals surface area contributed by atoms with Gasteiger partial charge >= 0.3 is 0 Å². The van der Waals surface area contributed by atoms with Crippen LogP contribution in [0.2, 0.25) is 0 Å². The molecule has 0 spiro atoms. The minimum atomic E-state index is -0.0902. The minimum absolute atomic E-state index is 0.0902. The fourth-order valence-corrected chi connectivity index (χ4v) is 2.38. The van der Waals surface area contributed by atoms with Gasteiger partial charge in [0.2, 0.25) is 0 Å². The number of aromatic nitrogens is 3. The first-order valence-corrected chi connectivity index (χ1v) is 9.26. The average Bonchev–Trinajstić information content (AvgIpc) is 2.69. The molecule has 0 fully saturated rings. The number of unbranched alkanes of at least 4 members (excludes halogenated alkanes) is 2. The first kappa shape index (κ1) is 20.3. The molecule has 0 aliphatic heterocycles. The van der Waals surface area contributed by atoms with Gasteiger partial charge in [-0.1, -0.05) is 13.3 Å². The summed E-state index contributed by atoms with van der Waals surface area (Å²) in [7, 11) is 0. The topological polar surface area (TPSA) is 118 Å². The predicted molar refractivity (Wildman–Crippen MR) is 107 cm³/mol. The van der Waals surface area contributed by atoms with Crippen molar-refractivity contribution in [3.8, 4) is 0 Å². The molecule has 144 valence electrons. The Bertz CT molecular complexity index is 734. The van der Waals surface area contributed by atoms with E-state index in [0.717, 1.165) is 37.9 Å². The van der Waals surface area contributed by atoms with Crippen LogP contribution in [-0.4, -0.2) is 39.9 Å². The number of aryl methyl sites for hydroxylation is 1. The van der Waals surface area contributed by atoms with Gasteiger partial charge in [-0.25, -0.2) is 9.97 Å². The third kappa shape index (κ3) is 7.81. The van der Waals surface area contributed by atoms with Gasteiger partial charge in [-0.3, -0.25) is 14.8 Å². The third-order valence-corrected chi connectivity index (χ3v) is 3.75. The maximum absolute atomic E-state index is 11.9. The van der Waals surface area contributed by atoms with Crippen LogP contribution in [0.3, 0.4) is 0 Å². The van der Waals surface area contributed by atoms with Crippen molar-refractivity contribution in [3.63, 3.8) is 0 Å². The molecule has 2 rings (SSSR count). The van der Waals surface area contributed by atoms with E-state index < -0.39 is 0 Å². The van der Waals surface area contributed by atoms with Crippen molar-refractivity contribution in [2.75, 3.05) is 18.4 Å². The van der Waals surface area contributed by atoms with Gasteiger partial charge in [0.25, 0.3) is 5.91 Å². The van der Waals surface area contributed by atoms with Crippen molar-refractivity contribution < 1.29 is 4.79 Å². The molecule has 0 bridgehead atoms. The van der Waals surface area contributed by atoms with Gasteiger partial charge in [0.1, 0.15) is 11.6 Å². The minimum Gasteiger partial charge on any atom is -0.370 e. The lowest BCUT2D eigenvalue weighted by molar-refractivity contribution is 0.0952. The quantitative estimate of drug-likeness (QED) is 0.335. The van der Waals surface area contributed by atoms with E-state index in [2.05, 4.69) is 30.6 Å². The molecule has 27 heavy (non-hydrogen) atoms. The van der Waals surface area contributed by atoms with Crippen molar-refractivity contribution in [1.82, 2.24) is 20.3 Å². The van der Waals surface area contributed by atoms with Crippen LogP contribution in [0.15, 0.2) is 41.8 Å². The van der Waals surface area contributed by atoms with E-state index in [0.29, 0.717) is 30.4 Å². The van der Waals surface area contributed by atoms with Crippen LogP contribution in [0.4, 0.5) is 5.82 Å². The molecule has 2 heterocycles. The van der Waals surface area contributed by atoms with Crippen LogP contribution in [0, 0.1) is 0 Å². The number of carbonyl (C=O) groups is 1. The standard InChI is InChI=1S/C19H27N7O/c1-2-10-24-19(20)26-17-9-13-22-16(25-17)8-4-3-5-12-23-18(27)15-7-6-11-21-14-15/h6-7,9,11,13-14H,2-5,8,10,12H2,1H3,(H,23,27)(H3,20,22,24,25,26). The predicted octanol–water partition coefficient (Wildman–Crippen LogP) is 2.15. The van der Waals surface area contributed by atoms with Crippen molar-refractivity contribution in [2.24, 2.45) is 10.7 Å². The van der Waals surface area contributed by atoms with Crippen molar-refractivity contribution in [2.45, 2.75) is 39.0 Å². The normalized spacial score (nSPS) is 11.2. The van der Waals surface area contributed by atoms with Crippen molar-refractivity contribution >= 4 is 17.7 Å². The summed E-state index contributed by atoms with van der Waals surface area (Å²) in [5, 5.41) is 5.88. The van der Waals surface area contributed by atoms with Gasteiger partial charge in [0.05, 0.1) is 5.56 Å². The smallest absolute Gasteiger partial charge is 0.252 e. The molecule has 2 aromatic rings. The van der Waals surface area contributed by atoms with Crippen LogP contribution in [0.5, 0.6) is 0 Å². The lowest BCUT2D eigenvalue weighted by atomic mass is 10.2. The molecule has 2 aromatic heterocycles. The van der Waals surface area contributed by atoms with E-state index in [1.54, 1.807) is 36.8 Å². The number of aliphatic imine (C=N–C) groups is 1. The van der Waals surface area contributed by atoms with Crippen LogP contribution < -0.4 is 16.4 Å². The monoisotopic (exact) mass is 369 g/mol. The number of carbonyl (C=O) groups excluding carboxylic acids is 1. The van der Waals surface area contributed by atoms with Gasteiger partial charge in [-0.2, -0.15) is 0 Å². The first-order chi connectivity index (χ1) is 13.2. The highest BCUT2D eigenvalue weighted by atomic mass is 16.1. The zero-order valence-corrected chi connectivity index (χ0v) is 15.7. The Kier molecular flexibility index (Phi) is 8.68. The molecule has 0 saturated heterocycles. The summed E-state index contributed by atoms with van der Waals surface area (Å²) < 4.78 is 0. The number of nitrogens with two attached hydrogens (primary N) is 1. The second-order valence-electron chi connectivity index (χ2n) is 6.06. The number of nitrogens with zero attached hydrogens (tertiary/aromatic N) is 4. The zero-order valence-electron chi connectivity index (χ0n) is 15.7. The molecule has 1 amide bonds. The number of amides is 1. The number of hydrogen-bond acceptors (Lipinski definition) is 5. The highest BCUT2D eigenvalue weighted by Gasteiger charge is 2.04. The molecule has 0 unspecified atom stereocenters. The summed E-state index contributed by atoms with van der Waals surface area (Å²) in [5.41, 5.74) is 6.38. The fourth-order valence-electron chi connectivity index (χ4n) is 2.38. The number of nitrogens with one attached hydrogen (secondary N) is 2. The van der Waals surface area contributed by atoms with E-state index >= 15 is 0 Å². The van der Waals surface area contributed by atoms with E-state index in [1.165, 1.54) is 0 Å². The Morgan fingerprint density at radius 1 is 1.22 bits per heavy atom. The summed E-state index contributed by atoms with van der Waals surface area (Å²) in [6, 6.07) is 5.27. The first-order valence-electron chi connectivity index (χ1n) is 9.26. The Morgan fingerprint density at radius 3 is 2.89 bits per heavy atom. The number of pyridine rings is 1. The summed E-state index contributed by atoms with van der Waals surface area (Å²) in [6.45, 7) is 3.37. The highest BCUT2D eigenvalue weighted by Crippen LogP contribution is 2.06. The van der Waals surface area contributed by atoms with Gasteiger partial charge < -0.3 is 16.4 Å². The second-order valence-corrected chi connectivity index (χ2v) is 6.06. The highest BCUT2D eigenvalue weighted by molar-refractivity contribution is 5.93. The van der Waals surface area contributed by atoms with Gasteiger partial charge in [-0.15, -0.1) is 0 Å². The van der Waals surface area contributed by atoms with Crippen LogP contribution in [-0.2, 0) is 6.42 Å². The maximum Gasteiger partial charge on any atom is 0.252 e. The zero-order chi connectivity index (χ0) is 19.3. The van der Waals surface area contributed by atoms with E-state index in [4.69, 9.17) is 5.73 Å². The maximum atomic E-state index is 11.9.